The van der Waals surface area contributed by atoms with Crippen LogP contribution in [0.25, 0.3) is 10.8 Å². The number of hydrogen-bond acceptors (Lipinski definition) is 1. The summed E-state index contributed by atoms with van der Waals surface area (Å²) in [4.78, 5) is 0. The van der Waals surface area contributed by atoms with Gasteiger partial charge in [-0.15, -0.1) is 0 Å². The molecule has 20 heavy (non-hydrogen) atoms. The highest BCUT2D eigenvalue weighted by molar-refractivity contribution is 9.10. The molecule has 0 radical (unpaired) electrons. The van der Waals surface area contributed by atoms with Gasteiger partial charge in [-0.2, -0.15) is 0 Å². The van der Waals surface area contributed by atoms with Crippen molar-refractivity contribution < 1.29 is 0 Å². The topological polar surface area (TPSA) is 12.0 Å². The van der Waals surface area contributed by atoms with Gasteiger partial charge in [0.05, 0.1) is 0 Å². The number of aryl methyl sites for hydroxylation is 1. The van der Waals surface area contributed by atoms with Crippen LogP contribution in [-0.2, 0) is 6.42 Å². The van der Waals surface area contributed by atoms with Gasteiger partial charge >= 0.3 is 0 Å². The number of halogens is 1. The lowest BCUT2D eigenvalue weighted by Gasteiger charge is -2.13. The summed E-state index contributed by atoms with van der Waals surface area (Å²) < 4.78 is 1.19. The molecule has 1 N–H and O–H groups in total. The van der Waals surface area contributed by atoms with Crippen LogP contribution in [0.15, 0.2) is 40.9 Å². The zero-order chi connectivity index (χ0) is 14.4. The molecule has 0 amide bonds. The van der Waals surface area contributed by atoms with Crippen molar-refractivity contribution >= 4 is 26.7 Å². The van der Waals surface area contributed by atoms with Crippen LogP contribution >= 0.6 is 15.9 Å². The first-order valence-electron chi connectivity index (χ1n) is 7.59. The maximum absolute atomic E-state index is 3.64. The highest BCUT2D eigenvalue weighted by atomic mass is 79.9. The Labute approximate surface area is 130 Å². The second kappa shape index (κ2) is 7.80. The lowest BCUT2D eigenvalue weighted by atomic mass is 9.95. The van der Waals surface area contributed by atoms with Crippen LogP contribution in [0.5, 0.6) is 0 Å². The van der Waals surface area contributed by atoms with E-state index in [4.69, 9.17) is 0 Å². The fourth-order valence-corrected chi connectivity index (χ4v) is 3.09. The Morgan fingerprint density at radius 1 is 1.05 bits per heavy atom. The summed E-state index contributed by atoms with van der Waals surface area (Å²) in [5.74, 6) is 0.774. The van der Waals surface area contributed by atoms with E-state index in [1.807, 2.05) is 0 Å². The minimum absolute atomic E-state index is 0.774. The first-order chi connectivity index (χ1) is 9.72. The zero-order valence-corrected chi connectivity index (χ0v) is 14.0. The largest absolute Gasteiger partial charge is 0.317 e. The predicted octanol–water partition coefficient (Wildman–Crippen LogP) is 5.17. The molecule has 0 fully saturated rings. The highest BCUT2D eigenvalue weighted by Gasteiger charge is 2.07. The summed E-state index contributed by atoms with van der Waals surface area (Å²) in [5, 5.41) is 6.12. The molecule has 0 saturated heterocycles. The Morgan fingerprint density at radius 3 is 2.55 bits per heavy atom. The molecular formula is C18H24BrN. The van der Waals surface area contributed by atoms with Gasteiger partial charge in [0.25, 0.3) is 0 Å². The van der Waals surface area contributed by atoms with Crippen molar-refractivity contribution in [1.82, 2.24) is 5.32 Å². The molecule has 2 rings (SSSR count). The van der Waals surface area contributed by atoms with E-state index in [0.29, 0.717) is 0 Å². The number of hydrogen-bond donors (Lipinski definition) is 1. The average Bonchev–Trinajstić information content (AvgIpc) is 2.47. The molecule has 2 heteroatoms. The number of benzene rings is 2. The van der Waals surface area contributed by atoms with E-state index in [1.54, 1.807) is 0 Å². The Hall–Kier alpha value is -0.860. The predicted molar refractivity (Wildman–Crippen MR) is 92.3 cm³/mol. The van der Waals surface area contributed by atoms with Crippen molar-refractivity contribution in [3.8, 4) is 0 Å². The van der Waals surface area contributed by atoms with E-state index in [9.17, 15) is 0 Å². The third kappa shape index (κ3) is 4.07. The molecule has 0 aliphatic carbocycles. The van der Waals surface area contributed by atoms with E-state index in [2.05, 4.69) is 71.5 Å². The standard InChI is InChI=1S/C18H24BrN/c1-3-20-13-12-14(2)8-9-15-10-11-18(19)17-7-5-4-6-16(15)17/h4-7,10-11,14,20H,3,8-9,12-13H2,1-2H3. The first-order valence-corrected chi connectivity index (χ1v) is 8.38. The van der Waals surface area contributed by atoms with Crippen LogP contribution in [0.2, 0.25) is 0 Å². The number of nitrogens with one attached hydrogen (secondary N) is 1. The zero-order valence-electron chi connectivity index (χ0n) is 12.5. The van der Waals surface area contributed by atoms with Crippen molar-refractivity contribution in [3.05, 3.63) is 46.4 Å². The molecule has 108 valence electrons. The second-order valence-electron chi connectivity index (χ2n) is 5.54. The minimum atomic E-state index is 0.774. The summed E-state index contributed by atoms with van der Waals surface area (Å²) >= 11 is 3.64. The third-order valence-corrected chi connectivity index (χ3v) is 4.62. The van der Waals surface area contributed by atoms with Crippen molar-refractivity contribution in [3.63, 3.8) is 0 Å². The monoisotopic (exact) mass is 333 g/mol. The normalized spacial score (nSPS) is 12.8. The molecule has 2 aromatic rings. The molecule has 0 aromatic heterocycles. The van der Waals surface area contributed by atoms with Crippen LogP contribution in [0.4, 0.5) is 0 Å². The van der Waals surface area contributed by atoms with E-state index < -0.39 is 0 Å². The van der Waals surface area contributed by atoms with Gasteiger partial charge < -0.3 is 5.32 Å². The summed E-state index contributed by atoms with van der Waals surface area (Å²) in [5.41, 5.74) is 1.47. The Morgan fingerprint density at radius 2 is 1.80 bits per heavy atom. The van der Waals surface area contributed by atoms with Gasteiger partial charge in [0.2, 0.25) is 0 Å². The lowest BCUT2D eigenvalue weighted by Crippen LogP contribution is -2.16. The summed E-state index contributed by atoms with van der Waals surface area (Å²) in [6.07, 6.45) is 3.69. The summed E-state index contributed by atoms with van der Waals surface area (Å²) in [6, 6.07) is 13.1. The summed E-state index contributed by atoms with van der Waals surface area (Å²) in [6.45, 7) is 6.74. The smallest absolute Gasteiger partial charge is 0.0253 e. The van der Waals surface area contributed by atoms with E-state index in [0.717, 1.165) is 19.0 Å². The van der Waals surface area contributed by atoms with E-state index >= 15 is 0 Å². The molecule has 2 aromatic carbocycles. The van der Waals surface area contributed by atoms with Crippen molar-refractivity contribution in [1.29, 1.82) is 0 Å². The van der Waals surface area contributed by atoms with Crippen LogP contribution in [0, 0.1) is 5.92 Å². The van der Waals surface area contributed by atoms with Crippen LogP contribution in [0.1, 0.15) is 32.3 Å². The molecule has 0 heterocycles. The fourth-order valence-electron chi connectivity index (χ4n) is 2.61. The maximum atomic E-state index is 3.64. The first kappa shape index (κ1) is 15.5. The van der Waals surface area contributed by atoms with Crippen LogP contribution < -0.4 is 5.32 Å². The molecule has 0 bridgehead atoms. The third-order valence-electron chi connectivity index (χ3n) is 3.93. The molecule has 0 aliphatic rings. The Balaban J connectivity index is 2.01. The van der Waals surface area contributed by atoms with Crippen molar-refractivity contribution in [2.75, 3.05) is 13.1 Å². The van der Waals surface area contributed by atoms with Crippen molar-refractivity contribution in [2.24, 2.45) is 5.92 Å². The van der Waals surface area contributed by atoms with Crippen LogP contribution in [0.3, 0.4) is 0 Å². The molecule has 1 atom stereocenters. The number of rotatable bonds is 7. The van der Waals surface area contributed by atoms with Gasteiger partial charge in [-0.3, -0.25) is 0 Å². The second-order valence-corrected chi connectivity index (χ2v) is 6.39. The molecule has 0 spiro atoms. The minimum Gasteiger partial charge on any atom is -0.317 e. The van der Waals surface area contributed by atoms with Crippen molar-refractivity contribution in [2.45, 2.75) is 33.1 Å². The average molecular weight is 334 g/mol. The Kier molecular flexibility index (Phi) is 6.06. The quantitative estimate of drug-likeness (QED) is 0.689. The SMILES string of the molecule is CCNCCC(C)CCc1ccc(Br)c2ccccc12. The Bertz CT molecular complexity index is 550. The highest BCUT2D eigenvalue weighted by Crippen LogP contribution is 2.28. The molecule has 1 nitrogen and oxygen atoms in total. The van der Waals surface area contributed by atoms with E-state index in [1.165, 1.54) is 40.1 Å². The lowest BCUT2D eigenvalue weighted by molar-refractivity contribution is 0.475. The summed E-state index contributed by atoms with van der Waals surface area (Å²) in [7, 11) is 0. The molecular weight excluding hydrogens is 310 g/mol. The fraction of sp³-hybridized carbons (Fsp3) is 0.444. The molecule has 0 aliphatic heterocycles. The van der Waals surface area contributed by atoms with Gasteiger partial charge in [0.1, 0.15) is 0 Å². The van der Waals surface area contributed by atoms with E-state index in [-0.39, 0.29) is 0 Å². The maximum Gasteiger partial charge on any atom is 0.0253 e. The van der Waals surface area contributed by atoms with Gasteiger partial charge in [0.15, 0.2) is 0 Å². The molecule has 0 saturated carbocycles. The molecule has 1 unspecified atom stereocenters. The number of fused-ring (bicyclic) bond motifs is 1. The van der Waals surface area contributed by atoms with Crippen LogP contribution in [-0.4, -0.2) is 13.1 Å². The van der Waals surface area contributed by atoms with Gasteiger partial charge in [-0.05, 0) is 60.7 Å². The van der Waals surface area contributed by atoms with Gasteiger partial charge in [0, 0.05) is 4.47 Å². The van der Waals surface area contributed by atoms with Gasteiger partial charge in [-0.25, -0.2) is 0 Å². The van der Waals surface area contributed by atoms with Gasteiger partial charge in [-0.1, -0.05) is 60.1 Å².